The van der Waals surface area contributed by atoms with Gasteiger partial charge in [-0.05, 0) is 30.7 Å². The van der Waals surface area contributed by atoms with Crippen molar-refractivity contribution in [2.75, 3.05) is 0 Å². The van der Waals surface area contributed by atoms with Crippen LogP contribution in [0.25, 0.3) is 0 Å². The average molecular weight is 424 g/mol. The van der Waals surface area contributed by atoms with Crippen molar-refractivity contribution in [3.63, 3.8) is 0 Å². The van der Waals surface area contributed by atoms with Crippen molar-refractivity contribution >= 4 is 50.9 Å². The maximum atomic E-state index is 12.6. The number of halogens is 3. The van der Waals surface area contributed by atoms with Gasteiger partial charge in [0.05, 0.1) is 5.02 Å². The molecule has 134 valence electrons. The second kappa shape index (κ2) is 8.27. The minimum absolute atomic E-state index is 0.00515. The van der Waals surface area contributed by atoms with E-state index in [9.17, 15) is 13.2 Å². The molecule has 0 aliphatic rings. The van der Waals surface area contributed by atoms with Gasteiger partial charge in [0, 0.05) is 22.5 Å². The van der Waals surface area contributed by atoms with Crippen LogP contribution in [0.15, 0.2) is 41.3 Å². The van der Waals surface area contributed by atoms with Crippen LogP contribution in [0.3, 0.4) is 0 Å². The Hall–Kier alpha value is -1.47. The van der Waals surface area contributed by atoms with Gasteiger partial charge in [-0.3, -0.25) is 4.79 Å². The van der Waals surface area contributed by atoms with Crippen LogP contribution >= 0.6 is 34.8 Å². The van der Waals surface area contributed by atoms with Crippen molar-refractivity contribution < 1.29 is 22.1 Å². The molecule has 0 aromatic heterocycles. The molecule has 0 bridgehead atoms. The molecule has 0 atom stereocenters. The van der Waals surface area contributed by atoms with Gasteiger partial charge in [0.15, 0.2) is 10.6 Å². The summed E-state index contributed by atoms with van der Waals surface area (Å²) in [6, 6.07) is 8.21. The number of benzene rings is 2. The molecule has 0 heterocycles. The van der Waals surface area contributed by atoms with E-state index in [0.29, 0.717) is 11.4 Å². The number of rotatable bonds is 6. The van der Waals surface area contributed by atoms with Crippen LogP contribution in [0.4, 0.5) is 0 Å². The number of ether oxygens (including phenoxy) is 1. The van der Waals surface area contributed by atoms with E-state index in [0.717, 1.165) is 6.07 Å². The van der Waals surface area contributed by atoms with Crippen molar-refractivity contribution in [3.8, 4) is 11.5 Å². The van der Waals surface area contributed by atoms with E-state index in [4.69, 9.17) is 43.7 Å². The van der Waals surface area contributed by atoms with Gasteiger partial charge >= 0.3 is 16.1 Å². The smallest absolute Gasteiger partial charge is 0.343 e. The predicted octanol–water partition coefficient (Wildman–Crippen LogP) is 5.12. The molecule has 2 rings (SSSR count). The van der Waals surface area contributed by atoms with Gasteiger partial charge < -0.3 is 8.92 Å². The summed E-state index contributed by atoms with van der Waals surface area (Å²) in [6.45, 7) is 1.78. The van der Waals surface area contributed by atoms with Gasteiger partial charge in [-0.15, -0.1) is 0 Å². The molecule has 9 heteroatoms. The van der Waals surface area contributed by atoms with Gasteiger partial charge in [0.25, 0.3) is 0 Å². The zero-order valence-electron chi connectivity index (χ0n) is 13.0. The number of esters is 1. The van der Waals surface area contributed by atoms with E-state index in [1.165, 1.54) is 24.3 Å². The standard InChI is InChI=1S/C16H13Cl3O5S/c1-2-4-15(20)23-16-13(19)8-11(18)9-14(16)25(21,22)24-12-6-3-5-10(17)7-12/h3,5-9H,2,4H2,1H3. The Morgan fingerprint density at radius 2 is 1.80 bits per heavy atom. The lowest BCUT2D eigenvalue weighted by Gasteiger charge is -2.13. The summed E-state index contributed by atoms with van der Waals surface area (Å²) in [5.41, 5.74) is 0. The fraction of sp³-hybridized carbons (Fsp3) is 0.188. The van der Waals surface area contributed by atoms with Gasteiger partial charge in [0.1, 0.15) is 5.75 Å². The van der Waals surface area contributed by atoms with Gasteiger partial charge in [0.2, 0.25) is 0 Å². The highest BCUT2D eigenvalue weighted by Gasteiger charge is 2.27. The third-order valence-corrected chi connectivity index (χ3v) is 4.90. The lowest BCUT2D eigenvalue weighted by molar-refractivity contribution is -0.134. The summed E-state index contributed by atoms with van der Waals surface area (Å²) in [4.78, 5) is 11.3. The first-order valence-electron chi connectivity index (χ1n) is 7.12. The maximum absolute atomic E-state index is 12.6. The van der Waals surface area contributed by atoms with E-state index in [-0.39, 0.29) is 28.0 Å². The highest BCUT2D eigenvalue weighted by molar-refractivity contribution is 7.87. The molecule has 2 aromatic rings. The van der Waals surface area contributed by atoms with Gasteiger partial charge in [-0.2, -0.15) is 8.42 Å². The highest BCUT2D eigenvalue weighted by Crippen LogP contribution is 2.37. The summed E-state index contributed by atoms with van der Waals surface area (Å²) in [6.07, 6.45) is 0.638. The van der Waals surface area contributed by atoms with Crippen molar-refractivity contribution in [3.05, 3.63) is 51.5 Å². The van der Waals surface area contributed by atoms with Crippen LogP contribution in [0, 0.1) is 0 Å². The molecule has 0 saturated heterocycles. The fourth-order valence-corrected chi connectivity index (χ4v) is 3.81. The largest absolute Gasteiger partial charge is 0.423 e. The van der Waals surface area contributed by atoms with Crippen molar-refractivity contribution in [1.29, 1.82) is 0 Å². The van der Waals surface area contributed by atoms with Crippen LogP contribution in [0.1, 0.15) is 19.8 Å². The Morgan fingerprint density at radius 3 is 2.44 bits per heavy atom. The van der Waals surface area contributed by atoms with Gasteiger partial charge in [-0.1, -0.05) is 47.8 Å². The molecular formula is C16H13Cl3O5S. The number of carbonyl (C=O) groups excluding carboxylic acids is 1. The zero-order chi connectivity index (χ0) is 18.6. The van der Waals surface area contributed by atoms with Crippen LogP contribution in [-0.2, 0) is 14.9 Å². The molecule has 0 radical (unpaired) electrons. The zero-order valence-corrected chi connectivity index (χ0v) is 16.0. The second-order valence-electron chi connectivity index (χ2n) is 4.93. The Morgan fingerprint density at radius 1 is 1.08 bits per heavy atom. The average Bonchev–Trinajstić information content (AvgIpc) is 2.49. The summed E-state index contributed by atoms with van der Waals surface area (Å²) >= 11 is 17.7. The van der Waals surface area contributed by atoms with Gasteiger partial charge in [-0.25, -0.2) is 0 Å². The summed E-state index contributed by atoms with van der Waals surface area (Å²) in [5, 5.41) is 0.227. The van der Waals surface area contributed by atoms with Crippen LogP contribution < -0.4 is 8.92 Å². The Balaban J connectivity index is 2.46. The number of carbonyl (C=O) groups is 1. The Bertz CT molecular complexity index is 897. The van der Waals surface area contributed by atoms with E-state index < -0.39 is 21.0 Å². The molecular weight excluding hydrogens is 411 g/mol. The molecule has 5 nitrogen and oxygen atoms in total. The topological polar surface area (TPSA) is 69.7 Å². The molecule has 25 heavy (non-hydrogen) atoms. The first-order chi connectivity index (χ1) is 11.7. The molecule has 2 aromatic carbocycles. The van der Waals surface area contributed by atoms with E-state index in [1.54, 1.807) is 13.0 Å². The number of hydrogen-bond donors (Lipinski definition) is 0. The molecule has 0 unspecified atom stereocenters. The summed E-state index contributed by atoms with van der Waals surface area (Å²) in [7, 11) is -4.37. The summed E-state index contributed by atoms with van der Waals surface area (Å²) < 4.78 is 35.4. The molecule has 0 saturated carbocycles. The second-order valence-corrected chi connectivity index (χ2v) is 7.73. The Kier molecular flexibility index (Phi) is 6.57. The highest BCUT2D eigenvalue weighted by atomic mass is 35.5. The Labute approximate surface area is 160 Å². The predicted molar refractivity (Wildman–Crippen MR) is 96.3 cm³/mol. The molecule has 0 fully saturated rings. The first-order valence-corrected chi connectivity index (χ1v) is 9.67. The lowest BCUT2D eigenvalue weighted by Crippen LogP contribution is -2.15. The molecule has 0 spiro atoms. The molecule has 0 aliphatic heterocycles. The first kappa shape index (κ1) is 19.8. The summed E-state index contributed by atoms with van der Waals surface area (Å²) in [5.74, 6) is -0.952. The maximum Gasteiger partial charge on any atom is 0.343 e. The van der Waals surface area contributed by atoms with Crippen LogP contribution in [0.2, 0.25) is 15.1 Å². The minimum atomic E-state index is -4.37. The molecule has 0 amide bonds. The quantitative estimate of drug-likeness (QED) is 0.366. The molecule has 0 aliphatic carbocycles. The van der Waals surface area contributed by atoms with E-state index in [2.05, 4.69) is 0 Å². The van der Waals surface area contributed by atoms with Crippen LogP contribution in [0.5, 0.6) is 11.5 Å². The normalized spacial score (nSPS) is 11.2. The molecule has 0 N–H and O–H groups in total. The third kappa shape index (κ3) is 5.25. The van der Waals surface area contributed by atoms with Crippen molar-refractivity contribution in [2.45, 2.75) is 24.7 Å². The van der Waals surface area contributed by atoms with E-state index >= 15 is 0 Å². The van der Waals surface area contributed by atoms with Crippen molar-refractivity contribution in [2.24, 2.45) is 0 Å². The SMILES string of the molecule is CCCC(=O)Oc1c(Cl)cc(Cl)cc1S(=O)(=O)Oc1cccc(Cl)c1. The lowest BCUT2D eigenvalue weighted by atomic mass is 10.3. The third-order valence-electron chi connectivity index (χ3n) is 2.92. The number of hydrogen-bond acceptors (Lipinski definition) is 5. The fourth-order valence-electron chi connectivity index (χ4n) is 1.88. The van der Waals surface area contributed by atoms with Crippen molar-refractivity contribution in [1.82, 2.24) is 0 Å². The minimum Gasteiger partial charge on any atom is -0.423 e. The monoisotopic (exact) mass is 422 g/mol. The van der Waals surface area contributed by atoms with Crippen LogP contribution in [-0.4, -0.2) is 14.4 Å². The van der Waals surface area contributed by atoms with E-state index in [1.807, 2.05) is 0 Å².